The first-order valence-corrected chi connectivity index (χ1v) is 7.15. The number of hydrogen-bond acceptors (Lipinski definition) is 3. The van der Waals surface area contributed by atoms with Gasteiger partial charge in [0.1, 0.15) is 0 Å². The average molecular weight is 242 g/mol. The monoisotopic (exact) mass is 242 g/mol. The highest BCUT2D eigenvalue weighted by Gasteiger charge is 2.25. The molecule has 1 rings (SSSR count). The third kappa shape index (κ3) is 5.36. The molecule has 102 valence electrons. The summed E-state index contributed by atoms with van der Waals surface area (Å²) in [5, 5.41) is 3.59. The third-order valence-corrected chi connectivity index (χ3v) is 3.92. The standard InChI is InChI=1S/C14H30N2O/c1-5-6-13(3)15-8-10-16-9-7-12(2)14(11-16)17-4/h12-15H,5-11H2,1-4H3. The van der Waals surface area contributed by atoms with E-state index in [9.17, 15) is 0 Å². The lowest BCUT2D eigenvalue weighted by molar-refractivity contribution is -0.00456. The second-order valence-electron chi connectivity index (χ2n) is 5.48. The van der Waals surface area contributed by atoms with Crippen LogP contribution in [0, 0.1) is 5.92 Å². The maximum atomic E-state index is 5.54. The van der Waals surface area contributed by atoms with Crippen molar-refractivity contribution in [2.45, 2.75) is 52.2 Å². The van der Waals surface area contributed by atoms with Crippen LogP contribution in [0.15, 0.2) is 0 Å². The second-order valence-corrected chi connectivity index (χ2v) is 5.48. The summed E-state index contributed by atoms with van der Waals surface area (Å²) in [4.78, 5) is 2.53. The number of nitrogens with one attached hydrogen (secondary N) is 1. The van der Waals surface area contributed by atoms with Crippen LogP contribution in [0.1, 0.15) is 40.0 Å². The summed E-state index contributed by atoms with van der Waals surface area (Å²) >= 11 is 0. The first-order valence-electron chi connectivity index (χ1n) is 7.15. The zero-order valence-electron chi connectivity index (χ0n) is 12.0. The van der Waals surface area contributed by atoms with Crippen molar-refractivity contribution in [2.75, 3.05) is 33.3 Å². The van der Waals surface area contributed by atoms with Gasteiger partial charge in [-0.25, -0.2) is 0 Å². The number of piperidine rings is 1. The summed E-state index contributed by atoms with van der Waals surface area (Å²) in [6.07, 6.45) is 4.24. The van der Waals surface area contributed by atoms with Crippen LogP contribution in [0.25, 0.3) is 0 Å². The van der Waals surface area contributed by atoms with E-state index in [-0.39, 0.29) is 0 Å². The molecule has 17 heavy (non-hydrogen) atoms. The lowest BCUT2D eigenvalue weighted by Crippen LogP contribution is -2.46. The lowest BCUT2D eigenvalue weighted by Gasteiger charge is -2.36. The van der Waals surface area contributed by atoms with Crippen molar-refractivity contribution in [1.29, 1.82) is 0 Å². The Kier molecular flexibility index (Phi) is 7.09. The quantitative estimate of drug-likeness (QED) is 0.740. The molecule has 1 fully saturated rings. The van der Waals surface area contributed by atoms with Gasteiger partial charge in [0.15, 0.2) is 0 Å². The first-order chi connectivity index (χ1) is 8.17. The van der Waals surface area contributed by atoms with Crippen molar-refractivity contribution < 1.29 is 4.74 Å². The molecular formula is C14H30N2O. The van der Waals surface area contributed by atoms with Crippen LogP contribution < -0.4 is 5.32 Å². The van der Waals surface area contributed by atoms with Gasteiger partial charge >= 0.3 is 0 Å². The van der Waals surface area contributed by atoms with Gasteiger partial charge in [-0.1, -0.05) is 20.3 Å². The SMILES string of the molecule is CCCC(C)NCCN1CCC(C)C(OC)C1. The second kappa shape index (κ2) is 8.06. The number of rotatable bonds is 7. The Morgan fingerprint density at radius 1 is 1.47 bits per heavy atom. The Hall–Kier alpha value is -0.120. The van der Waals surface area contributed by atoms with Gasteiger partial charge in [-0.3, -0.25) is 4.90 Å². The Labute approximate surface area is 107 Å². The Morgan fingerprint density at radius 3 is 2.88 bits per heavy atom. The predicted octanol–water partition coefficient (Wildman–Crippen LogP) is 2.12. The minimum absolute atomic E-state index is 0.428. The van der Waals surface area contributed by atoms with E-state index in [0.29, 0.717) is 18.1 Å². The molecule has 0 bridgehead atoms. The molecular weight excluding hydrogens is 212 g/mol. The number of hydrogen-bond donors (Lipinski definition) is 1. The maximum absolute atomic E-state index is 5.54. The molecule has 1 saturated heterocycles. The number of likely N-dealkylation sites (tertiary alicyclic amines) is 1. The van der Waals surface area contributed by atoms with Crippen LogP contribution in [-0.4, -0.2) is 50.3 Å². The molecule has 0 radical (unpaired) electrons. The summed E-state index contributed by atoms with van der Waals surface area (Å²) in [7, 11) is 1.84. The highest BCUT2D eigenvalue weighted by molar-refractivity contribution is 4.79. The van der Waals surface area contributed by atoms with E-state index in [0.717, 1.165) is 19.6 Å². The molecule has 1 heterocycles. The van der Waals surface area contributed by atoms with Gasteiger partial charge < -0.3 is 10.1 Å². The molecule has 1 aliphatic heterocycles. The highest BCUT2D eigenvalue weighted by atomic mass is 16.5. The van der Waals surface area contributed by atoms with Crippen molar-refractivity contribution in [3.63, 3.8) is 0 Å². The van der Waals surface area contributed by atoms with Gasteiger partial charge in [0.05, 0.1) is 6.10 Å². The van der Waals surface area contributed by atoms with E-state index in [1.54, 1.807) is 0 Å². The smallest absolute Gasteiger partial charge is 0.0724 e. The van der Waals surface area contributed by atoms with E-state index in [4.69, 9.17) is 4.74 Å². The largest absolute Gasteiger partial charge is 0.380 e. The summed E-state index contributed by atoms with van der Waals surface area (Å²) < 4.78 is 5.54. The van der Waals surface area contributed by atoms with E-state index >= 15 is 0 Å². The van der Waals surface area contributed by atoms with E-state index in [1.807, 2.05) is 7.11 Å². The molecule has 0 aromatic heterocycles. The Balaban J connectivity index is 2.15. The zero-order chi connectivity index (χ0) is 12.7. The predicted molar refractivity (Wildman–Crippen MR) is 73.4 cm³/mol. The fraction of sp³-hybridized carbons (Fsp3) is 1.00. The molecule has 3 heteroatoms. The van der Waals surface area contributed by atoms with Gasteiger partial charge in [0, 0.05) is 32.8 Å². The molecule has 1 aliphatic rings. The average Bonchev–Trinajstić information content (AvgIpc) is 2.31. The topological polar surface area (TPSA) is 24.5 Å². The van der Waals surface area contributed by atoms with E-state index in [1.165, 1.54) is 25.8 Å². The number of nitrogens with zero attached hydrogens (tertiary/aromatic N) is 1. The van der Waals surface area contributed by atoms with Gasteiger partial charge in [0.25, 0.3) is 0 Å². The zero-order valence-corrected chi connectivity index (χ0v) is 12.0. The highest BCUT2D eigenvalue weighted by Crippen LogP contribution is 2.18. The van der Waals surface area contributed by atoms with Crippen molar-refractivity contribution in [2.24, 2.45) is 5.92 Å². The van der Waals surface area contributed by atoms with Gasteiger partial charge in [0.2, 0.25) is 0 Å². The van der Waals surface area contributed by atoms with Crippen LogP contribution >= 0.6 is 0 Å². The van der Waals surface area contributed by atoms with E-state index < -0.39 is 0 Å². The summed E-state index contributed by atoms with van der Waals surface area (Å²) in [6.45, 7) is 11.4. The first kappa shape index (κ1) is 14.9. The summed E-state index contributed by atoms with van der Waals surface area (Å²) in [5.74, 6) is 0.711. The fourth-order valence-corrected chi connectivity index (χ4v) is 2.61. The molecule has 3 unspecified atom stereocenters. The van der Waals surface area contributed by atoms with Gasteiger partial charge in [-0.2, -0.15) is 0 Å². The maximum Gasteiger partial charge on any atom is 0.0724 e. The van der Waals surface area contributed by atoms with E-state index in [2.05, 4.69) is 31.0 Å². The number of ether oxygens (including phenoxy) is 1. The normalized spacial score (nSPS) is 28.2. The third-order valence-electron chi connectivity index (χ3n) is 3.92. The molecule has 1 N–H and O–H groups in total. The summed E-state index contributed by atoms with van der Waals surface area (Å²) in [5.41, 5.74) is 0. The van der Waals surface area contributed by atoms with Gasteiger partial charge in [-0.05, 0) is 32.2 Å². The Bertz CT molecular complexity index is 199. The van der Waals surface area contributed by atoms with Crippen molar-refractivity contribution in [3.8, 4) is 0 Å². The molecule has 0 amide bonds. The number of methoxy groups -OCH3 is 1. The van der Waals surface area contributed by atoms with Crippen molar-refractivity contribution in [3.05, 3.63) is 0 Å². The Morgan fingerprint density at radius 2 is 2.24 bits per heavy atom. The van der Waals surface area contributed by atoms with Crippen LogP contribution in [0.2, 0.25) is 0 Å². The van der Waals surface area contributed by atoms with Crippen LogP contribution in [0.3, 0.4) is 0 Å². The molecule has 0 saturated carbocycles. The molecule has 0 spiro atoms. The van der Waals surface area contributed by atoms with Crippen LogP contribution in [0.5, 0.6) is 0 Å². The van der Waals surface area contributed by atoms with Crippen LogP contribution in [0.4, 0.5) is 0 Å². The lowest BCUT2D eigenvalue weighted by atomic mass is 9.96. The molecule has 0 aromatic carbocycles. The molecule has 3 atom stereocenters. The van der Waals surface area contributed by atoms with Crippen molar-refractivity contribution >= 4 is 0 Å². The molecule has 3 nitrogen and oxygen atoms in total. The minimum atomic E-state index is 0.428. The van der Waals surface area contributed by atoms with Gasteiger partial charge in [-0.15, -0.1) is 0 Å². The molecule has 0 aromatic rings. The van der Waals surface area contributed by atoms with Crippen LogP contribution in [-0.2, 0) is 4.74 Å². The fourth-order valence-electron chi connectivity index (χ4n) is 2.61. The molecule has 0 aliphatic carbocycles. The minimum Gasteiger partial charge on any atom is -0.380 e. The van der Waals surface area contributed by atoms with Crippen molar-refractivity contribution in [1.82, 2.24) is 10.2 Å². The summed E-state index contributed by atoms with van der Waals surface area (Å²) in [6, 6.07) is 0.655.